The molecule has 32 heavy (non-hydrogen) atoms. The average molecular weight is 504 g/mol. The van der Waals surface area contributed by atoms with Gasteiger partial charge in [0.1, 0.15) is 11.0 Å². The molecule has 3 N–H and O–H groups in total. The number of carbonyl (C=O) groups is 1. The van der Waals surface area contributed by atoms with Crippen molar-refractivity contribution < 1.29 is 9.90 Å². The molecule has 0 spiro atoms. The zero-order valence-corrected chi connectivity index (χ0v) is 20.4. The first-order chi connectivity index (χ1) is 15.0. The van der Waals surface area contributed by atoms with E-state index in [9.17, 15) is 14.7 Å². The van der Waals surface area contributed by atoms with Gasteiger partial charge in [-0.05, 0) is 77.1 Å². The van der Waals surface area contributed by atoms with Crippen LogP contribution < -0.4 is 16.2 Å². The third-order valence-electron chi connectivity index (χ3n) is 7.62. The molecule has 9 heteroatoms. The molecule has 5 rings (SSSR count). The number of hydrogen-bond donors (Lipinski definition) is 3. The number of aromatic nitrogens is 3. The smallest absolute Gasteiger partial charge is 0.283 e. The number of nitrogens with zero attached hydrogens (tertiary/aromatic N) is 3. The average Bonchev–Trinajstić information content (AvgIpc) is 2.73. The lowest BCUT2D eigenvalue weighted by Gasteiger charge is -2.65. The van der Waals surface area contributed by atoms with Gasteiger partial charge in [0, 0.05) is 18.9 Å². The van der Waals surface area contributed by atoms with Crippen LogP contribution in [0, 0.1) is 24.2 Å². The van der Waals surface area contributed by atoms with Crippen LogP contribution in [-0.4, -0.2) is 37.4 Å². The maximum absolute atomic E-state index is 12.8. The van der Waals surface area contributed by atoms with Crippen LogP contribution in [0.2, 0.25) is 0 Å². The normalized spacial score (nSPS) is 28.0. The van der Waals surface area contributed by atoms with E-state index < -0.39 is 11.2 Å². The SMILES string of the molecule is Cc1cnccc1CNC(=O)Cn1ncc(N[C@@H]2C[C@@H]3C[C@@H](C3(C)C)[C@]2(C)O)c(Br)c1=O. The Bertz CT molecular complexity index is 1100. The number of halogens is 1. The lowest BCUT2D eigenvalue weighted by molar-refractivity contribution is -0.199. The minimum Gasteiger partial charge on any atom is -0.388 e. The Morgan fingerprint density at radius 1 is 1.31 bits per heavy atom. The standard InChI is InChI=1S/C23H30BrN5O3/c1-13-9-25-6-5-14(13)10-26-19(30)12-29-21(31)20(24)16(11-27-29)28-18-8-15-7-17(22(15,2)3)23(18,4)32/h5-6,9,11,15,17-18,28,32H,7-8,10,12H2,1-4H3,(H,26,30)/t15-,17-,18+,23-/m0/s1. The maximum Gasteiger partial charge on any atom is 0.283 e. The summed E-state index contributed by atoms with van der Waals surface area (Å²) in [5.74, 6) is 0.456. The first-order valence-corrected chi connectivity index (χ1v) is 11.7. The van der Waals surface area contributed by atoms with E-state index in [2.05, 4.69) is 50.5 Å². The second-order valence-electron chi connectivity index (χ2n) is 9.88. The minimum absolute atomic E-state index is 0.128. The van der Waals surface area contributed by atoms with Crippen molar-refractivity contribution in [2.45, 2.75) is 65.3 Å². The fourth-order valence-corrected chi connectivity index (χ4v) is 5.75. The van der Waals surface area contributed by atoms with Crippen molar-refractivity contribution in [1.29, 1.82) is 0 Å². The Kier molecular flexibility index (Phi) is 5.92. The molecular formula is C23H30BrN5O3. The molecule has 0 unspecified atom stereocenters. The van der Waals surface area contributed by atoms with Gasteiger partial charge >= 0.3 is 0 Å². The number of pyridine rings is 1. The molecule has 3 fully saturated rings. The molecule has 2 aromatic rings. The zero-order valence-electron chi connectivity index (χ0n) is 18.9. The van der Waals surface area contributed by atoms with E-state index in [1.165, 1.54) is 6.20 Å². The number of nitrogens with one attached hydrogen (secondary N) is 2. The fraction of sp³-hybridized carbons (Fsp3) is 0.565. The summed E-state index contributed by atoms with van der Waals surface area (Å²) >= 11 is 3.36. The third-order valence-corrected chi connectivity index (χ3v) is 8.39. The largest absolute Gasteiger partial charge is 0.388 e. The lowest BCUT2D eigenvalue weighted by atomic mass is 9.43. The number of rotatable bonds is 6. The third kappa shape index (κ3) is 3.96. The number of carbonyl (C=O) groups excluding carboxylic acids is 1. The minimum atomic E-state index is -0.877. The van der Waals surface area contributed by atoms with Crippen molar-refractivity contribution in [3.05, 3.63) is 50.6 Å². The van der Waals surface area contributed by atoms with Gasteiger partial charge in [-0.3, -0.25) is 14.6 Å². The molecule has 1 amide bonds. The van der Waals surface area contributed by atoms with E-state index >= 15 is 0 Å². The molecule has 0 radical (unpaired) electrons. The van der Waals surface area contributed by atoms with Crippen LogP contribution in [0.15, 0.2) is 33.9 Å². The number of hydrogen-bond acceptors (Lipinski definition) is 6. The summed E-state index contributed by atoms with van der Waals surface area (Å²) in [6.07, 6.45) is 6.82. The van der Waals surface area contributed by atoms with E-state index in [1.807, 2.05) is 19.9 Å². The molecule has 4 atom stereocenters. The lowest BCUT2D eigenvalue weighted by Crippen LogP contribution is -2.68. The molecular weight excluding hydrogens is 474 g/mol. The van der Waals surface area contributed by atoms with Crippen LogP contribution in [0.4, 0.5) is 5.69 Å². The molecule has 8 nitrogen and oxygen atoms in total. The Morgan fingerprint density at radius 2 is 2.06 bits per heavy atom. The van der Waals surface area contributed by atoms with Crippen LogP contribution >= 0.6 is 15.9 Å². The highest BCUT2D eigenvalue weighted by Gasteiger charge is 2.62. The molecule has 2 aromatic heterocycles. The summed E-state index contributed by atoms with van der Waals surface area (Å²) in [6, 6.07) is 1.68. The molecule has 2 heterocycles. The molecule has 0 saturated heterocycles. The molecule has 3 saturated carbocycles. The van der Waals surface area contributed by atoms with E-state index in [4.69, 9.17) is 0 Å². The molecule has 0 aliphatic heterocycles. The number of aryl methyl sites for hydroxylation is 1. The van der Waals surface area contributed by atoms with Gasteiger partial charge in [0.2, 0.25) is 5.91 Å². The van der Waals surface area contributed by atoms with Crippen LogP contribution in [0.25, 0.3) is 0 Å². The summed E-state index contributed by atoms with van der Waals surface area (Å²) in [5, 5.41) is 21.5. The van der Waals surface area contributed by atoms with Crippen LogP contribution in [0.3, 0.4) is 0 Å². The van der Waals surface area contributed by atoms with Crippen molar-refractivity contribution in [3.63, 3.8) is 0 Å². The maximum atomic E-state index is 12.8. The predicted molar refractivity (Wildman–Crippen MR) is 125 cm³/mol. The van der Waals surface area contributed by atoms with Crippen molar-refractivity contribution in [2.24, 2.45) is 17.3 Å². The first kappa shape index (κ1) is 22.9. The second-order valence-corrected chi connectivity index (χ2v) is 10.7. The van der Waals surface area contributed by atoms with Gasteiger partial charge in [-0.25, -0.2) is 4.68 Å². The van der Waals surface area contributed by atoms with Crippen LogP contribution in [0.5, 0.6) is 0 Å². The highest BCUT2D eigenvalue weighted by Crippen LogP contribution is 2.62. The Hall–Kier alpha value is -2.26. The predicted octanol–water partition coefficient (Wildman–Crippen LogP) is 2.62. The number of amides is 1. The van der Waals surface area contributed by atoms with Gasteiger partial charge in [0.15, 0.2) is 0 Å². The molecule has 2 bridgehead atoms. The van der Waals surface area contributed by atoms with Gasteiger partial charge in [-0.2, -0.15) is 5.10 Å². The summed E-state index contributed by atoms with van der Waals surface area (Å²) in [4.78, 5) is 29.2. The highest BCUT2D eigenvalue weighted by molar-refractivity contribution is 9.10. The first-order valence-electron chi connectivity index (χ1n) is 10.9. The highest BCUT2D eigenvalue weighted by atomic mass is 79.9. The van der Waals surface area contributed by atoms with Gasteiger partial charge in [0.05, 0.1) is 23.5 Å². The Morgan fingerprint density at radius 3 is 2.72 bits per heavy atom. The molecule has 3 aliphatic rings. The van der Waals surface area contributed by atoms with Crippen LogP contribution in [-0.2, 0) is 17.9 Å². The summed E-state index contributed by atoms with van der Waals surface area (Å²) in [5.41, 5.74) is 1.34. The van der Waals surface area contributed by atoms with E-state index in [0.29, 0.717) is 22.6 Å². The zero-order chi connectivity index (χ0) is 23.3. The van der Waals surface area contributed by atoms with Crippen molar-refractivity contribution in [3.8, 4) is 0 Å². The number of aliphatic hydroxyl groups is 1. The monoisotopic (exact) mass is 503 g/mol. The van der Waals surface area contributed by atoms with Crippen molar-refractivity contribution in [2.75, 3.05) is 5.32 Å². The number of anilines is 1. The van der Waals surface area contributed by atoms with E-state index in [-0.39, 0.29) is 29.8 Å². The topological polar surface area (TPSA) is 109 Å². The fourth-order valence-electron chi connectivity index (χ4n) is 5.33. The molecule has 0 aromatic carbocycles. The van der Waals surface area contributed by atoms with E-state index in [0.717, 1.165) is 28.7 Å². The summed E-state index contributed by atoms with van der Waals surface area (Å²) in [6.45, 7) is 8.42. The van der Waals surface area contributed by atoms with Gasteiger partial charge < -0.3 is 15.7 Å². The number of fused-ring (bicyclic) bond motifs is 2. The van der Waals surface area contributed by atoms with Crippen LogP contribution in [0.1, 0.15) is 44.7 Å². The van der Waals surface area contributed by atoms with E-state index in [1.54, 1.807) is 12.4 Å². The molecule has 172 valence electrons. The van der Waals surface area contributed by atoms with Gasteiger partial charge in [-0.15, -0.1) is 0 Å². The van der Waals surface area contributed by atoms with Gasteiger partial charge in [-0.1, -0.05) is 13.8 Å². The second kappa shape index (κ2) is 8.26. The Labute approximate surface area is 196 Å². The Balaban J connectivity index is 1.42. The van der Waals surface area contributed by atoms with Gasteiger partial charge in [0.25, 0.3) is 5.56 Å². The molecule has 3 aliphatic carbocycles. The summed E-state index contributed by atoms with van der Waals surface area (Å²) in [7, 11) is 0. The summed E-state index contributed by atoms with van der Waals surface area (Å²) < 4.78 is 1.43. The quantitative estimate of drug-likeness (QED) is 0.558. The van der Waals surface area contributed by atoms with Crippen molar-refractivity contribution in [1.82, 2.24) is 20.1 Å². The van der Waals surface area contributed by atoms with Crippen molar-refractivity contribution >= 4 is 27.5 Å².